The van der Waals surface area contributed by atoms with Crippen LogP contribution < -0.4 is 5.32 Å². The Labute approximate surface area is 185 Å². The maximum Gasteiger partial charge on any atom is 0.572 e. The number of halogens is 3. The van der Waals surface area contributed by atoms with Crippen LogP contribution >= 0.6 is 0 Å². The van der Waals surface area contributed by atoms with Gasteiger partial charge >= 0.3 is 6.36 Å². The molecule has 0 radical (unpaired) electrons. The van der Waals surface area contributed by atoms with Gasteiger partial charge in [-0.25, -0.2) is 0 Å². The van der Waals surface area contributed by atoms with Gasteiger partial charge in [0, 0.05) is 11.6 Å². The number of rotatable bonds is 5. The minimum absolute atomic E-state index is 0.0617. The average molecular weight is 448 g/mol. The van der Waals surface area contributed by atoms with E-state index in [9.17, 15) is 13.2 Å². The quantitative estimate of drug-likeness (QED) is 0.693. The van der Waals surface area contributed by atoms with E-state index in [0.717, 1.165) is 17.0 Å². The van der Waals surface area contributed by atoms with E-state index in [1.54, 1.807) is 13.0 Å². The van der Waals surface area contributed by atoms with Crippen molar-refractivity contribution >= 4 is 0 Å². The van der Waals surface area contributed by atoms with Gasteiger partial charge in [0.2, 0.25) is 0 Å². The second-order valence-corrected chi connectivity index (χ2v) is 8.82. The fraction of sp³-hybridized carbons (Fsp3) is 0.458. The molecule has 3 unspecified atom stereocenters. The topological polar surface area (TPSA) is 48.3 Å². The molecule has 1 fully saturated rings. The third-order valence-corrected chi connectivity index (χ3v) is 6.08. The molecular formula is C24H28F3N3O2. The predicted molar refractivity (Wildman–Crippen MR) is 115 cm³/mol. The highest BCUT2D eigenvalue weighted by Crippen LogP contribution is 2.36. The summed E-state index contributed by atoms with van der Waals surface area (Å²) in [6.07, 6.45) is -1.09. The van der Waals surface area contributed by atoms with Crippen molar-refractivity contribution in [2.75, 3.05) is 6.61 Å². The van der Waals surface area contributed by atoms with Crippen molar-refractivity contribution in [2.24, 2.45) is 5.92 Å². The first-order valence-electron chi connectivity index (χ1n) is 10.7. The Hall–Kier alpha value is -2.58. The SMILES string of the molecule is Cc1ccc(Cn2nc(C3(C)NC(C4=CC=C(OC(F)(F)F)C(C)C4)CO3)cc2C)cc1. The number of benzene rings is 1. The molecule has 0 spiro atoms. The van der Waals surface area contributed by atoms with Crippen molar-refractivity contribution in [1.82, 2.24) is 15.1 Å². The zero-order valence-electron chi connectivity index (χ0n) is 18.7. The number of nitrogens with one attached hydrogen (secondary N) is 1. The van der Waals surface area contributed by atoms with E-state index in [1.165, 1.54) is 17.2 Å². The molecule has 1 aromatic heterocycles. The highest BCUT2D eigenvalue weighted by atomic mass is 19.4. The molecule has 0 saturated carbocycles. The van der Waals surface area contributed by atoms with Gasteiger partial charge in [-0.3, -0.25) is 10.00 Å². The Morgan fingerprint density at radius 2 is 1.94 bits per heavy atom. The van der Waals surface area contributed by atoms with E-state index in [0.29, 0.717) is 19.6 Å². The van der Waals surface area contributed by atoms with Crippen molar-refractivity contribution < 1.29 is 22.6 Å². The molecule has 172 valence electrons. The van der Waals surface area contributed by atoms with Crippen molar-refractivity contribution in [2.45, 2.75) is 58.8 Å². The first-order chi connectivity index (χ1) is 15.0. The molecule has 1 saturated heterocycles. The average Bonchev–Trinajstić information content (AvgIpc) is 3.29. The number of nitrogens with zero attached hydrogens (tertiary/aromatic N) is 2. The van der Waals surface area contributed by atoms with Gasteiger partial charge in [-0.05, 0) is 44.9 Å². The standard InChI is InChI=1S/C24H28F3N3O2/c1-15-5-7-18(8-6-15)13-30-17(3)12-22(29-30)23(4)28-20(14-31-23)19-9-10-21(16(2)11-19)32-24(25,26)27/h5-10,12,16,20,28H,11,13-14H2,1-4H3. The lowest BCUT2D eigenvalue weighted by molar-refractivity contribution is -0.308. The number of ether oxygens (including phenoxy) is 2. The van der Waals surface area contributed by atoms with Crippen LogP contribution in [-0.4, -0.2) is 28.8 Å². The zero-order valence-corrected chi connectivity index (χ0v) is 18.7. The van der Waals surface area contributed by atoms with Gasteiger partial charge in [0.25, 0.3) is 0 Å². The maximum absolute atomic E-state index is 12.6. The number of aryl methyl sites for hydroxylation is 2. The summed E-state index contributed by atoms with van der Waals surface area (Å²) in [5, 5.41) is 8.27. The van der Waals surface area contributed by atoms with Crippen molar-refractivity contribution in [3.8, 4) is 0 Å². The molecule has 2 heterocycles. The Morgan fingerprint density at radius 3 is 2.59 bits per heavy atom. The Bertz CT molecular complexity index is 1040. The molecule has 1 N–H and O–H groups in total. The lowest BCUT2D eigenvalue weighted by Gasteiger charge is -2.27. The highest BCUT2D eigenvalue weighted by Gasteiger charge is 2.42. The van der Waals surface area contributed by atoms with E-state index in [1.807, 2.05) is 24.6 Å². The van der Waals surface area contributed by atoms with Crippen LogP contribution in [0.4, 0.5) is 13.2 Å². The third kappa shape index (κ3) is 4.91. The molecule has 4 rings (SSSR count). The zero-order chi connectivity index (χ0) is 23.1. The van der Waals surface area contributed by atoms with Crippen molar-refractivity contribution in [3.63, 3.8) is 0 Å². The van der Waals surface area contributed by atoms with Crippen molar-refractivity contribution in [1.29, 1.82) is 0 Å². The molecule has 2 aliphatic rings. The van der Waals surface area contributed by atoms with Crippen LogP contribution in [0.15, 0.2) is 53.8 Å². The predicted octanol–water partition coefficient (Wildman–Crippen LogP) is 5.10. The molecule has 1 aliphatic heterocycles. The summed E-state index contributed by atoms with van der Waals surface area (Å²) < 4.78 is 49.9. The van der Waals surface area contributed by atoms with Crippen LogP contribution in [0, 0.1) is 19.8 Å². The number of hydrogen-bond donors (Lipinski definition) is 1. The first-order valence-corrected chi connectivity index (χ1v) is 10.7. The Morgan fingerprint density at radius 1 is 1.22 bits per heavy atom. The molecule has 32 heavy (non-hydrogen) atoms. The molecular weight excluding hydrogens is 419 g/mol. The van der Waals surface area contributed by atoms with Gasteiger partial charge < -0.3 is 9.47 Å². The number of hydrogen-bond acceptors (Lipinski definition) is 4. The minimum Gasteiger partial charge on any atom is -0.410 e. The van der Waals surface area contributed by atoms with Crippen LogP contribution in [0.2, 0.25) is 0 Å². The van der Waals surface area contributed by atoms with Gasteiger partial charge in [0.1, 0.15) is 11.5 Å². The summed E-state index contributed by atoms with van der Waals surface area (Å²) in [6.45, 7) is 8.83. The monoisotopic (exact) mass is 447 g/mol. The second-order valence-electron chi connectivity index (χ2n) is 8.82. The fourth-order valence-corrected chi connectivity index (χ4v) is 4.19. The first kappa shape index (κ1) is 22.6. The molecule has 1 aromatic carbocycles. The second kappa shape index (κ2) is 8.41. The van der Waals surface area contributed by atoms with Gasteiger partial charge in [-0.2, -0.15) is 5.10 Å². The summed E-state index contributed by atoms with van der Waals surface area (Å²) in [7, 11) is 0. The normalized spacial score (nSPS) is 26.1. The number of aromatic nitrogens is 2. The molecule has 3 atom stereocenters. The maximum atomic E-state index is 12.6. The summed E-state index contributed by atoms with van der Waals surface area (Å²) in [5.74, 6) is -0.422. The van der Waals surface area contributed by atoms with E-state index in [-0.39, 0.29) is 17.7 Å². The fourth-order valence-electron chi connectivity index (χ4n) is 4.19. The molecule has 0 amide bonds. The summed E-state index contributed by atoms with van der Waals surface area (Å²) in [5.41, 5.74) is 4.41. The van der Waals surface area contributed by atoms with E-state index in [2.05, 4.69) is 41.2 Å². The van der Waals surface area contributed by atoms with E-state index in [4.69, 9.17) is 9.84 Å². The van der Waals surface area contributed by atoms with Crippen LogP contribution in [0.1, 0.15) is 42.8 Å². The van der Waals surface area contributed by atoms with E-state index >= 15 is 0 Å². The molecule has 8 heteroatoms. The molecule has 1 aliphatic carbocycles. The summed E-state index contributed by atoms with van der Waals surface area (Å²) in [4.78, 5) is 0. The summed E-state index contributed by atoms with van der Waals surface area (Å²) in [6, 6.07) is 10.3. The van der Waals surface area contributed by atoms with Gasteiger partial charge in [-0.15, -0.1) is 13.2 Å². The Balaban J connectivity index is 1.47. The van der Waals surface area contributed by atoms with Gasteiger partial charge in [0.15, 0.2) is 5.72 Å². The van der Waals surface area contributed by atoms with Crippen molar-refractivity contribution in [3.05, 3.63) is 76.3 Å². The van der Waals surface area contributed by atoms with Crippen LogP contribution in [-0.2, 0) is 21.7 Å². The minimum atomic E-state index is -4.67. The van der Waals surface area contributed by atoms with Crippen LogP contribution in [0.3, 0.4) is 0 Å². The smallest absolute Gasteiger partial charge is 0.410 e. The number of alkyl halides is 3. The summed E-state index contributed by atoms with van der Waals surface area (Å²) >= 11 is 0. The third-order valence-electron chi connectivity index (χ3n) is 6.08. The largest absolute Gasteiger partial charge is 0.572 e. The lowest BCUT2D eigenvalue weighted by Crippen LogP contribution is -2.40. The lowest BCUT2D eigenvalue weighted by atomic mass is 9.90. The van der Waals surface area contributed by atoms with Crippen LogP contribution in [0.25, 0.3) is 0 Å². The Kier molecular flexibility index (Phi) is 5.94. The molecule has 2 aromatic rings. The van der Waals surface area contributed by atoms with Crippen LogP contribution in [0.5, 0.6) is 0 Å². The molecule has 5 nitrogen and oxygen atoms in total. The molecule has 0 bridgehead atoms. The highest BCUT2D eigenvalue weighted by molar-refractivity contribution is 5.29. The van der Waals surface area contributed by atoms with Gasteiger partial charge in [0.05, 0.1) is 19.2 Å². The number of allylic oxidation sites excluding steroid dienone is 3. The van der Waals surface area contributed by atoms with Gasteiger partial charge in [-0.1, -0.05) is 48.4 Å². The van der Waals surface area contributed by atoms with E-state index < -0.39 is 12.1 Å².